The van der Waals surface area contributed by atoms with Crippen LogP contribution in [0.1, 0.15) is 39.0 Å². The number of hydrogen-bond acceptors (Lipinski definition) is 4. The van der Waals surface area contributed by atoms with Crippen LogP contribution in [0, 0.1) is 5.41 Å². The van der Waals surface area contributed by atoms with Crippen molar-refractivity contribution >= 4 is 0 Å². The van der Waals surface area contributed by atoms with E-state index in [0.717, 1.165) is 46.0 Å². The van der Waals surface area contributed by atoms with E-state index in [0.29, 0.717) is 11.5 Å². The highest BCUT2D eigenvalue weighted by Crippen LogP contribution is 2.31. The largest absolute Gasteiger partial charge is 0.381 e. The Morgan fingerprint density at radius 2 is 2.05 bits per heavy atom. The number of likely N-dealkylation sites (N-methyl/N-ethyl adjacent to an activating group) is 1. The maximum atomic E-state index is 5.76. The van der Waals surface area contributed by atoms with E-state index in [1.165, 1.54) is 32.1 Å². The normalized spacial score (nSPS) is 26.2. The molecule has 118 valence electrons. The van der Waals surface area contributed by atoms with Gasteiger partial charge in [0.15, 0.2) is 0 Å². The van der Waals surface area contributed by atoms with Gasteiger partial charge in [-0.3, -0.25) is 0 Å². The van der Waals surface area contributed by atoms with Crippen LogP contribution in [-0.4, -0.2) is 64.1 Å². The fourth-order valence-electron chi connectivity index (χ4n) is 3.50. The van der Waals surface area contributed by atoms with Crippen LogP contribution < -0.4 is 5.32 Å². The third-order valence-corrected chi connectivity index (χ3v) is 4.62. The van der Waals surface area contributed by atoms with E-state index in [1.54, 1.807) is 0 Å². The van der Waals surface area contributed by atoms with Crippen LogP contribution in [0.2, 0.25) is 0 Å². The van der Waals surface area contributed by atoms with Crippen LogP contribution in [0.4, 0.5) is 0 Å². The van der Waals surface area contributed by atoms with Gasteiger partial charge in [-0.15, -0.1) is 0 Å². The van der Waals surface area contributed by atoms with Crippen LogP contribution in [0.3, 0.4) is 0 Å². The van der Waals surface area contributed by atoms with Crippen LogP contribution >= 0.6 is 0 Å². The van der Waals surface area contributed by atoms with Gasteiger partial charge in [-0.25, -0.2) is 0 Å². The predicted octanol–water partition coefficient (Wildman–Crippen LogP) is 1.89. The Morgan fingerprint density at radius 3 is 2.70 bits per heavy atom. The maximum Gasteiger partial charge on any atom is 0.0702 e. The number of hydrogen-bond donors (Lipinski definition) is 1. The Kier molecular flexibility index (Phi) is 6.75. The second-order valence-corrected chi connectivity index (χ2v) is 6.62. The number of ether oxygens (including phenoxy) is 2. The van der Waals surface area contributed by atoms with Crippen molar-refractivity contribution in [3.8, 4) is 0 Å². The molecule has 0 bridgehead atoms. The van der Waals surface area contributed by atoms with Crippen molar-refractivity contribution in [3.63, 3.8) is 0 Å². The summed E-state index contributed by atoms with van der Waals surface area (Å²) in [6, 6.07) is 0. The summed E-state index contributed by atoms with van der Waals surface area (Å²) in [4.78, 5) is 2.48. The lowest BCUT2D eigenvalue weighted by Gasteiger charge is -2.40. The Morgan fingerprint density at radius 1 is 1.25 bits per heavy atom. The van der Waals surface area contributed by atoms with Gasteiger partial charge in [-0.1, -0.05) is 6.92 Å². The highest BCUT2D eigenvalue weighted by Gasteiger charge is 2.34. The van der Waals surface area contributed by atoms with E-state index in [9.17, 15) is 0 Å². The molecule has 2 saturated heterocycles. The zero-order valence-corrected chi connectivity index (χ0v) is 13.3. The van der Waals surface area contributed by atoms with E-state index >= 15 is 0 Å². The number of nitrogens with zero attached hydrogens (tertiary/aromatic N) is 1. The van der Waals surface area contributed by atoms with Crippen molar-refractivity contribution in [1.82, 2.24) is 10.2 Å². The average molecular weight is 284 g/mol. The molecule has 4 nitrogen and oxygen atoms in total. The molecule has 20 heavy (non-hydrogen) atoms. The van der Waals surface area contributed by atoms with Gasteiger partial charge in [0.2, 0.25) is 0 Å². The highest BCUT2D eigenvalue weighted by molar-refractivity contribution is 4.87. The van der Waals surface area contributed by atoms with Crippen molar-refractivity contribution in [1.29, 1.82) is 0 Å². The van der Waals surface area contributed by atoms with E-state index in [-0.39, 0.29) is 0 Å². The molecule has 0 aromatic rings. The van der Waals surface area contributed by atoms with Crippen molar-refractivity contribution < 1.29 is 9.47 Å². The van der Waals surface area contributed by atoms with Crippen LogP contribution in [-0.2, 0) is 9.47 Å². The lowest BCUT2D eigenvalue weighted by molar-refractivity contribution is -0.00840. The van der Waals surface area contributed by atoms with Gasteiger partial charge >= 0.3 is 0 Å². The van der Waals surface area contributed by atoms with Gasteiger partial charge in [-0.05, 0) is 51.1 Å². The highest BCUT2D eigenvalue weighted by atomic mass is 16.5. The Balaban J connectivity index is 1.81. The number of nitrogens with one attached hydrogen (secondary N) is 1. The molecule has 0 aromatic heterocycles. The van der Waals surface area contributed by atoms with E-state index < -0.39 is 0 Å². The van der Waals surface area contributed by atoms with Crippen molar-refractivity contribution in [2.75, 3.05) is 53.0 Å². The lowest BCUT2D eigenvalue weighted by atomic mass is 9.79. The summed E-state index contributed by atoms with van der Waals surface area (Å²) in [5.74, 6) is 0. The molecule has 2 heterocycles. The molecular weight excluding hydrogens is 252 g/mol. The minimum Gasteiger partial charge on any atom is -0.381 e. The molecule has 4 heteroatoms. The molecule has 0 saturated carbocycles. The summed E-state index contributed by atoms with van der Waals surface area (Å²) in [7, 11) is 2.25. The zero-order valence-electron chi connectivity index (χ0n) is 13.3. The summed E-state index contributed by atoms with van der Waals surface area (Å²) < 4.78 is 11.3. The van der Waals surface area contributed by atoms with Crippen molar-refractivity contribution in [2.24, 2.45) is 5.41 Å². The van der Waals surface area contributed by atoms with Gasteiger partial charge in [0.05, 0.1) is 6.10 Å². The first kappa shape index (κ1) is 16.2. The lowest BCUT2D eigenvalue weighted by Crippen LogP contribution is -2.47. The fourth-order valence-corrected chi connectivity index (χ4v) is 3.50. The van der Waals surface area contributed by atoms with Gasteiger partial charge in [0.25, 0.3) is 0 Å². The Hall–Kier alpha value is -0.160. The second-order valence-electron chi connectivity index (χ2n) is 6.62. The molecule has 2 aliphatic heterocycles. The van der Waals surface area contributed by atoms with Gasteiger partial charge in [-0.2, -0.15) is 0 Å². The summed E-state index contributed by atoms with van der Waals surface area (Å²) in [6.07, 6.45) is 6.49. The van der Waals surface area contributed by atoms with E-state index in [4.69, 9.17) is 9.47 Å². The van der Waals surface area contributed by atoms with Gasteiger partial charge in [0, 0.05) is 39.5 Å². The predicted molar refractivity (Wildman–Crippen MR) is 82.1 cm³/mol. The molecule has 0 aliphatic carbocycles. The summed E-state index contributed by atoms with van der Waals surface area (Å²) in [5.41, 5.74) is 0.390. The molecule has 0 radical (unpaired) electrons. The first-order valence-corrected chi connectivity index (χ1v) is 8.33. The number of rotatable bonds is 8. The SMILES string of the molecule is CCCNCC1(CN(C)CC2CCCO2)CCOCC1. The van der Waals surface area contributed by atoms with E-state index in [2.05, 4.69) is 24.2 Å². The Labute approximate surface area is 124 Å². The maximum absolute atomic E-state index is 5.76. The quantitative estimate of drug-likeness (QED) is 0.690. The summed E-state index contributed by atoms with van der Waals surface area (Å²) >= 11 is 0. The molecule has 0 amide bonds. The van der Waals surface area contributed by atoms with Crippen molar-refractivity contribution in [2.45, 2.75) is 45.1 Å². The molecular formula is C16H32N2O2. The zero-order chi connectivity index (χ0) is 14.3. The Bertz CT molecular complexity index is 261. The molecule has 2 aliphatic rings. The molecule has 2 rings (SSSR count). The molecule has 1 N–H and O–H groups in total. The van der Waals surface area contributed by atoms with E-state index in [1.807, 2.05) is 0 Å². The molecule has 0 spiro atoms. The topological polar surface area (TPSA) is 33.7 Å². The van der Waals surface area contributed by atoms with Crippen LogP contribution in [0.15, 0.2) is 0 Å². The summed E-state index contributed by atoms with van der Waals surface area (Å²) in [5, 5.41) is 3.63. The minimum atomic E-state index is 0.390. The molecule has 0 aromatic carbocycles. The third kappa shape index (κ3) is 4.99. The molecule has 1 atom stereocenters. The monoisotopic (exact) mass is 284 g/mol. The van der Waals surface area contributed by atoms with Gasteiger partial charge in [0.1, 0.15) is 0 Å². The van der Waals surface area contributed by atoms with Crippen LogP contribution in [0.25, 0.3) is 0 Å². The third-order valence-electron chi connectivity index (χ3n) is 4.62. The molecule has 2 fully saturated rings. The standard InChI is InChI=1S/C16H32N2O2/c1-3-8-17-13-16(6-10-19-11-7-16)14-18(2)12-15-5-4-9-20-15/h15,17H,3-14H2,1-2H3. The smallest absolute Gasteiger partial charge is 0.0702 e. The first-order chi connectivity index (χ1) is 9.74. The van der Waals surface area contributed by atoms with Gasteiger partial charge < -0.3 is 19.7 Å². The first-order valence-electron chi connectivity index (χ1n) is 8.33. The minimum absolute atomic E-state index is 0.390. The van der Waals surface area contributed by atoms with Crippen molar-refractivity contribution in [3.05, 3.63) is 0 Å². The second kappa shape index (κ2) is 8.32. The fraction of sp³-hybridized carbons (Fsp3) is 1.00. The van der Waals surface area contributed by atoms with Crippen LogP contribution in [0.5, 0.6) is 0 Å². The summed E-state index contributed by atoms with van der Waals surface area (Å²) in [6.45, 7) is 9.51. The molecule has 1 unspecified atom stereocenters. The average Bonchev–Trinajstić information content (AvgIpc) is 2.92.